The quantitative estimate of drug-likeness (QED) is 0.603. The SMILES string of the molecule is COc1cccc(OC)c1OCn1ccc(C(=O)Nc2c(C(F)(F)F)n[nH]c2C)n1. The number of hydrogen-bond acceptors (Lipinski definition) is 6. The van der Waals surface area contributed by atoms with Crippen molar-refractivity contribution in [3.63, 3.8) is 0 Å². The highest BCUT2D eigenvalue weighted by Gasteiger charge is 2.38. The van der Waals surface area contributed by atoms with Crippen molar-refractivity contribution in [3.8, 4) is 17.2 Å². The van der Waals surface area contributed by atoms with E-state index in [0.29, 0.717) is 17.2 Å². The number of anilines is 1. The molecule has 0 spiro atoms. The number of nitrogens with one attached hydrogen (secondary N) is 2. The monoisotopic (exact) mass is 425 g/mol. The minimum absolute atomic E-state index is 0.0710. The molecule has 9 nitrogen and oxygen atoms in total. The number of hydrogen-bond donors (Lipinski definition) is 2. The first-order valence-electron chi connectivity index (χ1n) is 8.55. The van der Waals surface area contributed by atoms with Gasteiger partial charge in [-0.3, -0.25) is 9.89 Å². The number of H-pyrrole nitrogens is 1. The molecule has 0 saturated heterocycles. The Morgan fingerprint density at radius 3 is 2.47 bits per heavy atom. The molecule has 2 N–H and O–H groups in total. The number of nitrogens with zero attached hydrogens (tertiary/aromatic N) is 3. The van der Waals surface area contributed by atoms with Crippen LogP contribution in [0.2, 0.25) is 0 Å². The molecule has 0 atom stereocenters. The fraction of sp³-hybridized carbons (Fsp3) is 0.278. The highest BCUT2D eigenvalue weighted by Crippen LogP contribution is 2.37. The van der Waals surface area contributed by atoms with E-state index < -0.39 is 23.5 Å². The van der Waals surface area contributed by atoms with Gasteiger partial charge in [0.25, 0.3) is 5.91 Å². The smallest absolute Gasteiger partial charge is 0.437 e. The summed E-state index contributed by atoms with van der Waals surface area (Å²) in [5.41, 5.74) is -1.68. The van der Waals surface area contributed by atoms with Crippen molar-refractivity contribution < 1.29 is 32.2 Å². The summed E-state index contributed by atoms with van der Waals surface area (Å²) < 4.78 is 56.5. The molecule has 1 aromatic carbocycles. The predicted octanol–water partition coefficient (Wildman–Crippen LogP) is 3.24. The first-order chi connectivity index (χ1) is 14.2. The van der Waals surface area contributed by atoms with Gasteiger partial charge in [-0.05, 0) is 25.1 Å². The molecule has 0 fully saturated rings. The van der Waals surface area contributed by atoms with E-state index in [1.54, 1.807) is 18.2 Å². The second-order valence-electron chi connectivity index (χ2n) is 6.03. The van der Waals surface area contributed by atoms with Crippen LogP contribution in [-0.2, 0) is 12.9 Å². The van der Waals surface area contributed by atoms with E-state index in [2.05, 4.69) is 20.6 Å². The Labute approximate surface area is 168 Å². The van der Waals surface area contributed by atoms with Gasteiger partial charge in [-0.1, -0.05) is 6.07 Å². The standard InChI is InChI=1S/C18H18F3N5O4/c1-10-14(16(24-23-10)18(19,20)21)22-17(27)11-7-8-26(25-11)9-30-15-12(28-2)5-4-6-13(15)29-3/h4-8H,9H2,1-3H3,(H,22,27)(H,23,24). The zero-order valence-corrected chi connectivity index (χ0v) is 16.2. The van der Waals surface area contributed by atoms with Crippen LogP contribution in [0.1, 0.15) is 21.9 Å². The number of ether oxygens (including phenoxy) is 3. The third-order valence-electron chi connectivity index (χ3n) is 4.05. The largest absolute Gasteiger partial charge is 0.493 e. The number of carbonyl (C=O) groups is 1. The first-order valence-corrected chi connectivity index (χ1v) is 8.55. The van der Waals surface area contributed by atoms with Gasteiger partial charge in [-0.2, -0.15) is 23.4 Å². The van der Waals surface area contributed by atoms with Crippen molar-refractivity contribution in [1.82, 2.24) is 20.0 Å². The van der Waals surface area contributed by atoms with Crippen LogP contribution in [0.3, 0.4) is 0 Å². The highest BCUT2D eigenvalue weighted by molar-refractivity contribution is 6.03. The van der Waals surface area contributed by atoms with Crippen molar-refractivity contribution in [3.05, 3.63) is 47.5 Å². The Bertz CT molecular complexity index is 1020. The van der Waals surface area contributed by atoms with Gasteiger partial charge in [0, 0.05) is 6.20 Å². The van der Waals surface area contributed by atoms with E-state index in [1.807, 2.05) is 0 Å². The van der Waals surface area contributed by atoms with E-state index >= 15 is 0 Å². The van der Waals surface area contributed by atoms with E-state index in [0.717, 1.165) is 0 Å². The second-order valence-corrected chi connectivity index (χ2v) is 6.03. The number of aromatic nitrogens is 4. The molecule has 2 aromatic heterocycles. The van der Waals surface area contributed by atoms with Gasteiger partial charge in [0.15, 0.2) is 29.6 Å². The van der Waals surface area contributed by atoms with Gasteiger partial charge in [-0.15, -0.1) is 0 Å². The van der Waals surface area contributed by atoms with Crippen LogP contribution in [0.25, 0.3) is 0 Å². The molecule has 0 saturated carbocycles. The van der Waals surface area contributed by atoms with E-state index in [-0.39, 0.29) is 18.1 Å². The van der Waals surface area contributed by atoms with Crippen LogP contribution in [0.4, 0.5) is 18.9 Å². The molecule has 2 heterocycles. The molecule has 12 heteroatoms. The molecular formula is C18H18F3N5O4. The summed E-state index contributed by atoms with van der Waals surface area (Å²) in [6.07, 6.45) is -3.27. The van der Waals surface area contributed by atoms with Crippen LogP contribution in [0.5, 0.6) is 17.2 Å². The zero-order chi connectivity index (χ0) is 21.9. The summed E-state index contributed by atoms with van der Waals surface area (Å²) in [6.45, 7) is 1.27. The molecule has 0 unspecified atom stereocenters. The number of amides is 1. The normalized spacial score (nSPS) is 11.3. The lowest BCUT2D eigenvalue weighted by Gasteiger charge is -2.13. The number of aryl methyl sites for hydroxylation is 1. The number of rotatable bonds is 7. The van der Waals surface area contributed by atoms with Crippen LogP contribution in [0.15, 0.2) is 30.5 Å². The average Bonchev–Trinajstić information content (AvgIpc) is 3.33. The summed E-state index contributed by atoms with van der Waals surface area (Å²) in [7, 11) is 2.95. The average molecular weight is 425 g/mol. The minimum atomic E-state index is -4.71. The first kappa shape index (κ1) is 21.0. The van der Waals surface area contributed by atoms with Crippen LogP contribution < -0.4 is 19.5 Å². The van der Waals surface area contributed by atoms with E-state index in [4.69, 9.17) is 14.2 Å². The summed E-state index contributed by atoms with van der Waals surface area (Å²) in [4.78, 5) is 12.4. The zero-order valence-electron chi connectivity index (χ0n) is 16.2. The van der Waals surface area contributed by atoms with Crippen molar-refractivity contribution in [2.24, 2.45) is 0 Å². The maximum absolute atomic E-state index is 13.0. The maximum atomic E-state index is 13.0. The van der Waals surface area contributed by atoms with E-state index in [9.17, 15) is 18.0 Å². The number of benzene rings is 1. The molecule has 30 heavy (non-hydrogen) atoms. The summed E-state index contributed by atoms with van der Waals surface area (Å²) >= 11 is 0. The number of aromatic amines is 1. The molecule has 1 amide bonds. The Balaban J connectivity index is 1.72. The van der Waals surface area contributed by atoms with Gasteiger partial charge in [0.05, 0.1) is 25.6 Å². The fourth-order valence-electron chi connectivity index (χ4n) is 2.61. The number of halogens is 3. The topological polar surface area (TPSA) is 103 Å². The van der Waals surface area contributed by atoms with Gasteiger partial charge in [-0.25, -0.2) is 4.68 Å². The van der Waals surface area contributed by atoms with Crippen LogP contribution in [0, 0.1) is 6.92 Å². The van der Waals surface area contributed by atoms with Crippen LogP contribution in [-0.4, -0.2) is 40.1 Å². The predicted molar refractivity (Wildman–Crippen MR) is 98.7 cm³/mol. The molecule has 3 rings (SSSR count). The number of methoxy groups -OCH3 is 2. The third-order valence-corrected chi connectivity index (χ3v) is 4.05. The molecule has 3 aromatic rings. The van der Waals surface area contributed by atoms with Gasteiger partial charge < -0.3 is 19.5 Å². The molecule has 0 radical (unpaired) electrons. The van der Waals surface area contributed by atoms with E-state index in [1.165, 1.54) is 38.1 Å². The van der Waals surface area contributed by atoms with Crippen molar-refractivity contribution >= 4 is 11.6 Å². The van der Waals surface area contributed by atoms with Crippen molar-refractivity contribution in [2.75, 3.05) is 19.5 Å². The number of carbonyl (C=O) groups excluding carboxylic acids is 1. The number of alkyl halides is 3. The molecular weight excluding hydrogens is 407 g/mol. The lowest BCUT2D eigenvalue weighted by Crippen LogP contribution is -2.18. The lowest BCUT2D eigenvalue weighted by atomic mass is 10.2. The lowest BCUT2D eigenvalue weighted by molar-refractivity contribution is -0.140. The minimum Gasteiger partial charge on any atom is -0.493 e. The summed E-state index contributed by atoms with van der Waals surface area (Å²) in [5, 5.41) is 11.6. The Morgan fingerprint density at radius 1 is 1.20 bits per heavy atom. The maximum Gasteiger partial charge on any atom is 0.437 e. The van der Waals surface area contributed by atoms with Crippen molar-refractivity contribution in [1.29, 1.82) is 0 Å². The Morgan fingerprint density at radius 2 is 1.87 bits per heavy atom. The van der Waals surface area contributed by atoms with Gasteiger partial charge in [0.2, 0.25) is 5.75 Å². The molecule has 0 aliphatic heterocycles. The number of para-hydroxylation sites is 1. The Hall–Kier alpha value is -3.70. The third kappa shape index (κ3) is 4.31. The molecule has 0 aliphatic carbocycles. The molecule has 0 bridgehead atoms. The fourth-order valence-corrected chi connectivity index (χ4v) is 2.61. The highest BCUT2D eigenvalue weighted by atomic mass is 19.4. The summed E-state index contributed by atoms with van der Waals surface area (Å²) in [5.74, 6) is 0.399. The molecule has 0 aliphatic rings. The van der Waals surface area contributed by atoms with Crippen molar-refractivity contribution in [2.45, 2.75) is 19.8 Å². The summed E-state index contributed by atoms with van der Waals surface area (Å²) in [6, 6.07) is 6.45. The van der Waals surface area contributed by atoms with Gasteiger partial charge >= 0.3 is 6.18 Å². The second kappa shape index (κ2) is 8.35. The molecule has 160 valence electrons. The Kier molecular flexibility index (Phi) is 5.85. The van der Waals surface area contributed by atoms with Gasteiger partial charge in [0.1, 0.15) is 0 Å². The van der Waals surface area contributed by atoms with Crippen LogP contribution >= 0.6 is 0 Å².